The van der Waals surface area contributed by atoms with Crippen LogP contribution < -0.4 is 0 Å². The van der Waals surface area contributed by atoms with Gasteiger partial charge in [0.2, 0.25) is 0 Å². The molecule has 152 valence electrons. The number of rotatable bonds is 2. The molecule has 27 heavy (non-hydrogen) atoms. The van der Waals surface area contributed by atoms with Crippen LogP contribution in [0.15, 0.2) is 0 Å². The Morgan fingerprint density at radius 1 is 0.926 bits per heavy atom. The lowest BCUT2D eigenvalue weighted by molar-refractivity contribution is -0.196. The van der Waals surface area contributed by atoms with E-state index in [1.54, 1.807) is 0 Å². The lowest BCUT2D eigenvalue weighted by Gasteiger charge is -2.56. The Morgan fingerprint density at radius 3 is 2.44 bits per heavy atom. The van der Waals surface area contributed by atoms with Crippen LogP contribution in [0.2, 0.25) is 0 Å². The van der Waals surface area contributed by atoms with Crippen molar-refractivity contribution in [2.24, 2.45) is 46.8 Å². The summed E-state index contributed by atoms with van der Waals surface area (Å²) in [5.41, 5.74) is 0.465. The predicted octanol–water partition coefficient (Wildman–Crippen LogP) is 7.24. The number of hydrogen-bond acceptors (Lipinski definition) is 0. The third kappa shape index (κ3) is 3.44. The average molecular weight is 381 g/mol. The minimum atomic E-state index is -3.98. The van der Waals surface area contributed by atoms with Crippen LogP contribution in [0.5, 0.6) is 0 Å². The number of halogens is 3. The van der Waals surface area contributed by atoms with Crippen LogP contribution in [-0.2, 0) is 0 Å². The molecule has 5 unspecified atom stereocenters. The van der Waals surface area contributed by atoms with Gasteiger partial charge in [0.1, 0.15) is 0 Å². The summed E-state index contributed by atoms with van der Waals surface area (Å²) >= 11 is 0. The maximum absolute atomic E-state index is 13.2. The minimum absolute atomic E-state index is 0.341. The monoisotopic (exact) mass is 380 g/mol. The van der Waals surface area contributed by atoms with Crippen LogP contribution in [0.3, 0.4) is 0 Å². The molecule has 0 aromatic rings. The molecule has 0 bridgehead atoms. The highest BCUT2D eigenvalue weighted by Crippen LogP contribution is 2.65. The molecule has 0 aromatic heterocycles. The van der Waals surface area contributed by atoms with Crippen LogP contribution in [-0.4, -0.2) is 6.18 Å². The maximum Gasteiger partial charge on any atom is 0.391 e. The normalized spacial score (nSPS) is 46.6. The van der Waals surface area contributed by atoms with Gasteiger partial charge in [-0.1, -0.05) is 6.92 Å². The lowest BCUT2D eigenvalue weighted by Crippen LogP contribution is -2.49. The minimum Gasteiger partial charge on any atom is -0.171 e. The van der Waals surface area contributed by atoms with E-state index in [1.807, 2.05) is 6.92 Å². The van der Waals surface area contributed by atoms with E-state index in [0.29, 0.717) is 36.0 Å². The molecular weight excluding hydrogens is 345 g/mol. The molecule has 0 heterocycles. The van der Waals surface area contributed by atoms with Gasteiger partial charge in [-0.05, 0) is 112 Å². The fourth-order valence-corrected chi connectivity index (χ4v) is 8.10. The second kappa shape index (κ2) is 7.31. The summed E-state index contributed by atoms with van der Waals surface area (Å²) in [4.78, 5) is 0. The third-order valence-corrected chi connectivity index (χ3v) is 9.41. The first kappa shape index (κ1) is 19.7. The highest BCUT2D eigenvalue weighted by Gasteiger charge is 2.57. The van der Waals surface area contributed by atoms with Gasteiger partial charge in [-0.3, -0.25) is 0 Å². The highest BCUT2D eigenvalue weighted by molar-refractivity contribution is 5.07. The van der Waals surface area contributed by atoms with Crippen molar-refractivity contribution in [3.05, 3.63) is 0 Å². The molecule has 0 N–H and O–H groups in total. The fourth-order valence-electron chi connectivity index (χ4n) is 8.10. The Labute approximate surface area is 163 Å². The molecule has 0 radical (unpaired) electrons. The summed E-state index contributed by atoms with van der Waals surface area (Å²) in [5, 5.41) is 0. The second-order valence-electron chi connectivity index (χ2n) is 10.3. The van der Waals surface area contributed by atoms with Gasteiger partial charge in [-0.15, -0.1) is 11.8 Å². The molecule has 0 aliphatic heterocycles. The molecule has 0 saturated heterocycles. The molecule has 4 aliphatic rings. The Balaban J connectivity index is 1.45. The Bertz CT molecular complexity index is 597. The zero-order valence-electron chi connectivity index (χ0n) is 17.0. The standard InChI is InChI=1S/C24H35F3/c1-3-4-5-6-17-9-12-22-21-10-7-16-15-18(24(25,26)27)8-11-19(16)20(21)13-14-23(17,22)2/h16-22H,5-15H2,1-2H3/t16-,17?,18+,19?,20?,21?,22?,23-/m1/s1. The SMILES string of the molecule is CC#CCCC1CCC2C3CC[C@@H]4C[C@@H](C(F)(F)F)CCC4C3CC[C@]12C. The molecule has 3 heteroatoms. The molecule has 0 aromatic carbocycles. The van der Waals surface area contributed by atoms with E-state index in [0.717, 1.165) is 37.0 Å². The van der Waals surface area contributed by atoms with E-state index < -0.39 is 12.1 Å². The Kier molecular flexibility index (Phi) is 5.32. The zero-order valence-corrected chi connectivity index (χ0v) is 17.0. The summed E-state index contributed by atoms with van der Waals surface area (Å²) in [7, 11) is 0. The van der Waals surface area contributed by atoms with Crippen LogP contribution in [0.4, 0.5) is 13.2 Å². The predicted molar refractivity (Wildman–Crippen MR) is 103 cm³/mol. The van der Waals surface area contributed by atoms with Crippen molar-refractivity contribution in [3.63, 3.8) is 0 Å². The highest BCUT2D eigenvalue weighted by atomic mass is 19.4. The van der Waals surface area contributed by atoms with E-state index >= 15 is 0 Å². The number of fused-ring (bicyclic) bond motifs is 5. The van der Waals surface area contributed by atoms with Crippen LogP contribution in [0, 0.1) is 58.7 Å². The van der Waals surface area contributed by atoms with Crippen molar-refractivity contribution in [2.45, 2.75) is 90.7 Å². The molecular formula is C24H35F3. The second-order valence-corrected chi connectivity index (χ2v) is 10.3. The summed E-state index contributed by atoms with van der Waals surface area (Å²) in [6.45, 7) is 4.47. The fraction of sp³-hybridized carbons (Fsp3) is 0.917. The van der Waals surface area contributed by atoms with Gasteiger partial charge in [0.15, 0.2) is 0 Å². The molecule has 8 atom stereocenters. The van der Waals surface area contributed by atoms with Crippen molar-refractivity contribution in [1.29, 1.82) is 0 Å². The molecule has 4 rings (SSSR count). The van der Waals surface area contributed by atoms with Gasteiger partial charge in [-0.2, -0.15) is 13.2 Å². The van der Waals surface area contributed by atoms with Crippen LogP contribution >= 0.6 is 0 Å². The summed E-state index contributed by atoms with van der Waals surface area (Å²) in [6.07, 6.45) is 7.43. The summed E-state index contributed by atoms with van der Waals surface area (Å²) in [6, 6.07) is 0. The van der Waals surface area contributed by atoms with Crippen molar-refractivity contribution < 1.29 is 13.2 Å². The van der Waals surface area contributed by atoms with Crippen molar-refractivity contribution in [1.82, 2.24) is 0 Å². The van der Waals surface area contributed by atoms with E-state index in [2.05, 4.69) is 18.8 Å². The van der Waals surface area contributed by atoms with Gasteiger partial charge >= 0.3 is 6.18 Å². The third-order valence-electron chi connectivity index (χ3n) is 9.41. The largest absolute Gasteiger partial charge is 0.391 e. The Morgan fingerprint density at radius 2 is 1.70 bits per heavy atom. The molecule has 4 aliphatic carbocycles. The molecule has 0 amide bonds. The van der Waals surface area contributed by atoms with E-state index in [4.69, 9.17) is 0 Å². The van der Waals surface area contributed by atoms with Crippen LogP contribution in [0.25, 0.3) is 0 Å². The lowest BCUT2D eigenvalue weighted by atomic mass is 9.49. The molecule has 0 spiro atoms. The Hall–Kier alpha value is -0.650. The van der Waals surface area contributed by atoms with Crippen LogP contribution in [0.1, 0.15) is 84.5 Å². The van der Waals surface area contributed by atoms with E-state index in [1.165, 1.54) is 38.5 Å². The van der Waals surface area contributed by atoms with Gasteiger partial charge < -0.3 is 0 Å². The first-order valence-corrected chi connectivity index (χ1v) is 11.3. The topological polar surface area (TPSA) is 0 Å². The van der Waals surface area contributed by atoms with Gasteiger partial charge in [-0.25, -0.2) is 0 Å². The maximum atomic E-state index is 13.2. The van der Waals surface area contributed by atoms with E-state index in [-0.39, 0.29) is 0 Å². The van der Waals surface area contributed by atoms with Gasteiger partial charge in [0.25, 0.3) is 0 Å². The van der Waals surface area contributed by atoms with Gasteiger partial charge in [0, 0.05) is 6.42 Å². The summed E-state index contributed by atoms with van der Waals surface area (Å²) in [5.74, 6) is 9.31. The first-order valence-electron chi connectivity index (χ1n) is 11.3. The molecule has 4 saturated carbocycles. The van der Waals surface area contributed by atoms with Crippen molar-refractivity contribution in [3.8, 4) is 11.8 Å². The van der Waals surface area contributed by atoms with Crippen molar-refractivity contribution >= 4 is 0 Å². The number of alkyl halides is 3. The van der Waals surface area contributed by atoms with Crippen molar-refractivity contribution in [2.75, 3.05) is 0 Å². The quantitative estimate of drug-likeness (QED) is 0.443. The first-order chi connectivity index (χ1) is 12.8. The number of hydrogen-bond donors (Lipinski definition) is 0. The molecule has 0 nitrogen and oxygen atoms in total. The summed E-state index contributed by atoms with van der Waals surface area (Å²) < 4.78 is 39.7. The zero-order chi connectivity index (χ0) is 19.2. The average Bonchev–Trinajstić information content (AvgIpc) is 2.97. The molecule has 4 fully saturated rings. The smallest absolute Gasteiger partial charge is 0.171 e. The van der Waals surface area contributed by atoms with Gasteiger partial charge in [0.05, 0.1) is 5.92 Å². The van der Waals surface area contributed by atoms with E-state index in [9.17, 15) is 13.2 Å².